The van der Waals surface area contributed by atoms with Crippen molar-refractivity contribution in [3.8, 4) is 67.9 Å². The Balaban J connectivity index is 0.00000645. The summed E-state index contributed by atoms with van der Waals surface area (Å²) < 4.78 is 19.0. The Morgan fingerprint density at radius 2 is 0.928 bits per heavy atom. The summed E-state index contributed by atoms with van der Waals surface area (Å²) in [6.45, 7) is 18.3. The van der Waals surface area contributed by atoms with Crippen molar-refractivity contribution in [3.63, 3.8) is 0 Å². The van der Waals surface area contributed by atoms with E-state index in [-0.39, 0.29) is 44.7 Å². The standard InChI is InChI=1S/C75H61N5O2.Pt/c1-44(2)57-38-53(48-22-11-9-12-23-48)39-58(45(3)4)71(57)79-66-32-19-17-30-64(66)77-74(79)52-27-21-28-55(37-52)81-56-42-61-69-68(35-34-51-36-50-26-15-16-29-63(50)76-70(51)69)82-73(61)62(43-56)75-78-65-31-18-20-33-67(65)80(75)72-59(46(5)6)40-54(41-60(72)47(7)8)49-24-13-10-14-25-49;/h9-36,38-42,44-47H,1-8H3;/q-2;+2. The van der Waals surface area contributed by atoms with E-state index in [0.717, 1.165) is 77.4 Å². The van der Waals surface area contributed by atoms with Crippen molar-refractivity contribution in [3.05, 3.63) is 235 Å². The van der Waals surface area contributed by atoms with Crippen LogP contribution in [0.5, 0.6) is 11.5 Å². The van der Waals surface area contributed by atoms with Crippen LogP contribution >= 0.6 is 0 Å². The predicted octanol–water partition coefficient (Wildman–Crippen LogP) is 20.5. The fourth-order valence-electron chi connectivity index (χ4n) is 12.2. The summed E-state index contributed by atoms with van der Waals surface area (Å²) >= 11 is 0. The molecule has 0 atom stereocenters. The fraction of sp³-hybridized carbons (Fsp3) is 0.160. The molecule has 0 unspecified atom stereocenters. The molecule has 0 saturated carbocycles. The van der Waals surface area contributed by atoms with Crippen molar-refractivity contribution in [2.75, 3.05) is 0 Å². The molecule has 0 aliphatic rings. The Kier molecular flexibility index (Phi) is 13.8. The van der Waals surface area contributed by atoms with E-state index in [1.165, 1.54) is 44.5 Å². The van der Waals surface area contributed by atoms with E-state index in [4.69, 9.17) is 24.1 Å². The molecule has 83 heavy (non-hydrogen) atoms. The zero-order chi connectivity index (χ0) is 55.9. The minimum Gasteiger partial charge on any atom is -0.500 e. The van der Waals surface area contributed by atoms with E-state index in [2.05, 4.69) is 259 Å². The van der Waals surface area contributed by atoms with Crippen LogP contribution in [0.3, 0.4) is 0 Å². The van der Waals surface area contributed by atoms with Crippen molar-refractivity contribution >= 4 is 65.8 Å². The normalized spacial score (nSPS) is 12.0. The summed E-state index contributed by atoms with van der Waals surface area (Å²) in [5.41, 5.74) is 20.3. The molecular weight excluding hydrogens is 1200 g/mol. The zero-order valence-electron chi connectivity index (χ0n) is 47.7. The fourth-order valence-corrected chi connectivity index (χ4v) is 12.2. The minimum absolute atomic E-state index is 0. The number of fused-ring (bicyclic) bond motifs is 8. The van der Waals surface area contributed by atoms with Crippen LogP contribution in [0.4, 0.5) is 0 Å². The molecular formula is C75H61N5O2Pt. The maximum atomic E-state index is 7.18. The summed E-state index contributed by atoms with van der Waals surface area (Å²) in [6.07, 6.45) is 0. The third kappa shape index (κ3) is 9.32. The van der Waals surface area contributed by atoms with Gasteiger partial charge in [-0.05, 0) is 146 Å². The van der Waals surface area contributed by atoms with Gasteiger partial charge in [0, 0.05) is 39.0 Å². The van der Waals surface area contributed by atoms with Crippen LogP contribution in [0.2, 0.25) is 0 Å². The average molecular weight is 1260 g/mol. The Labute approximate surface area is 498 Å². The Hall–Kier alpha value is -8.90. The Morgan fingerprint density at radius 1 is 0.422 bits per heavy atom. The van der Waals surface area contributed by atoms with Gasteiger partial charge in [-0.15, -0.1) is 23.8 Å². The first kappa shape index (κ1) is 53.4. The second-order valence-electron chi connectivity index (χ2n) is 23.0. The molecule has 0 aliphatic carbocycles. The molecule has 14 aromatic rings. The smallest absolute Gasteiger partial charge is 0.500 e. The number of pyridine rings is 1. The average Bonchev–Trinajstić information content (AvgIpc) is 2.30. The maximum Gasteiger partial charge on any atom is 2.00 e. The largest absolute Gasteiger partial charge is 2.00 e. The van der Waals surface area contributed by atoms with E-state index < -0.39 is 0 Å². The molecule has 8 heteroatoms. The minimum atomic E-state index is 0. The second-order valence-corrected chi connectivity index (χ2v) is 23.0. The summed E-state index contributed by atoms with van der Waals surface area (Å²) in [5.74, 6) is 3.23. The van der Waals surface area contributed by atoms with E-state index in [0.29, 0.717) is 34.1 Å². The predicted molar refractivity (Wildman–Crippen MR) is 338 cm³/mol. The number of nitrogens with zero attached hydrogens (tertiary/aromatic N) is 5. The van der Waals surface area contributed by atoms with Gasteiger partial charge in [0.25, 0.3) is 0 Å². The molecule has 14 rings (SSSR count). The molecule has 0 bridgehead atoms. The maximum absolute atomic E-state index is 7.18. The first-order valence-electron chi connectivity index (χ1n) is 28.7. The third-order valence-corrected chi connectivity index (χ3v) is 16.2. The van der Waals surface area contributed by atoms with E-state index in [9.17, 15) is 0 Å². The van der Waals surface area contributed by atoms with Gasteiger partial charge in [0.15, 0.2) is 0 Å². The first-order chi connectivity index (χ1) is 39.9. The third-order valence-electron chi connectivity index (χ3n) is 16.2. The van der Waals surface area contributed by atoms with Crippen LogP contribution in [-0.2, 0) is 21.1 Å². The SMILES string of the molecule is CC(C)c1cc(-c2ccccc2)cc(C(C)C)c1-n1c(-c2[c-]c(Oc3[c-]c(-c4nc5ccccc5n4-c4c(C(C)C)cc(-c5ccccc5)cc4C(C)C)c4oc5ccc6cc7ccccc7nc6c5c4c3)ccc2)nc2ccccc21.[Pt+2]. The monoisotopic (exact) mass is 1260 g/mol. The van der Waals surface area contributed by atoms with Crippen molar-refractivity contribution < 1.29 is 30.2 Å². The molecule has 0 fully saturated rings. The molecule has 7 nitrogen and oxygen atoms in total. The molecule has 0 amide bonds. The number of furan rings is 1. The summed E-state index contributed by atoms with van der Waals surface area (Å²) in [4.78, 5) is 16.3. The van der Waals surface area contributed by atoms with Gasteiger partial charge in [-0.3, -0.25) is 9.97 Å². The number of rotatable bonds is 12. The number of ether oxygens (including phenoxy) is 1. The van der Waals surface area contributed by atoms with Crippen LogP contribution in [0.25, 0.3) is 122 Å². The van der Waals surface area contributed by atoms with Gasteiger partial charge in [-0.2, -0.15) is 0 Å². The topological polar surface area (TPSA) is 70.9 Å². The number of hydrogen-bond acceptors (Lipinski definition) is 5. The van der Waals surface area contributed by atoms with Gasteiger partial charge in [0.1, 0.15) is 5.58 Å². The van der Waals surface area contributed by atoms with Crippen molar-refractivity contribution in [1.82, 2.24) is 24.1 Å². The Bertz CT molecular complexity index is 4740. The first-order valence-corrected chi connectivity index (χ1v) is 28.7. The summed E-state index contributed by atoms with van der Waals surface area (Å²) in [5, 5.41) is 3.82. The molecule has 0 N–H and O–H groups in total. The summed E-state index contributed by atoms with van der Waals surface area (Å²) in [6, 6.07) is 78.0. The number of para-hydroxylation sites is 5. The molecule has 0 radical (unpaired) electrons. The van der Waals surface area contributed by atoms with Gasteiger partial charge in [-0.25, -0.2) is 4.98 Å². The van der Waals surface area contributed by atoms with Crippen LogP contribution in [0.1, 0.15) is 101 Å². The molecule has 0 aliphatic heterocycles. The molecule has 10 aromatic carbocycles. The van der Waals surface area contributed by atoms with Gasteiger partial charge in [-0.1, -0.05) is 182 Å². The van der Waals surface area contributed by atoms with Crippen LogP contribution in [0, 0.1) is 12.1 Å². The van der Waals surface area contributed by atoms with Gasteiger partial charge in [0.05, 0.1) is 50.3 Å². The molecule has 4 aromatic heterocycles. The number of aromatic nitrogens is 5. The van der Waals surface area contributed by atoms with Gasteiger partial charge in [0.2, 0.25) is 0 Å². The quantitative estimate of drug-likeness (QED) is 0.0900. The van der Waals surface area contributed by atoms with Crippen LogP contribution < -0.4 is 4.74 Å². The number of imidazole rings is 2. The molecule has 4 heterocycles. The van der Waals surface area contributed by atoms with E-state index in [1.54, 1.807) is 0 Å². The van der Waals surface area contributed by atoms with Crippen LogP contribution in [0.15, 0.2) is 205 Å². The summed E-state index contributed by atoms with van der Waals surface area (Å²) in [7, 11) is 0. The second kappa shape index (κ2) is 21.4. The van der Waals surface area contributed by atoms with Crippen molar-refractivity contribution in [1.29, 1.82) is 0 Å². The van der Waals surface area contributed by atoms with Crippen LogP contribution in [-0.4, -0.2) is 24.1 Å². The molecule has 0 spiro atoms. The molecule has 408 valence electrons. The zero-order valence-corrected chi connectivity index (χ0v) is 50.0. The van der Waals surface area contributed by atoms with Crippen molar-refractivity contribution in [2.45, 2.75) is 79.1 Å². The Morgan fingerprint density at radius 3 is 1.49 bits per heavy atom. The number of benzene rings is 10. The van der Waals surface area contributed by atoms with E-state index >= 15 is 0 Å². The molecule has 0 saturated heterocycles. The number of hydrogen-bond donors (Lipinski definition) is 0. The van der Waals surface area contributed by atoms with Gasteiger partial charge >= 0.3 is 21.1 Å². The van der Waals surface area contributed by atoms with E-state index in [1.807, 2.05) is 18.2 Å². The van der Waals surface area contributed by atoms with Crippen molar-refractivity contribution in [2.24, 2.45) is 0 Å². The van der Waals surface area contributed by atoms with Gasteiger partial charge < -0.3 is 18.3 Å².